The maximum absolute atomic E-state index is 12.9. The SMILES string of the molecule is C=C(N)C1CCCN(C(=O)c2cncc(CSc3c(Cl)cccc3Cl)c2)C1. The molecule has 27 heavy (non-hydrogen) atoms. The highest BCUT2D eigenvalue weighted by Gasteiger charge is 2.25. The number of nitrogens with zero attached hydrogens (tertiary/aromatic N) is 2. The van der Waals surface area contributed by atoms with Crippen LogP contribution in [-0.4, -0.2) is 28.9 Å². The number of piperidine rings is 1. The third-order valence-corrected chi connectivity index (χ3v) is 6.64. The smallest absolute Gasteiger partial charge is 0.255 e. The molecule has 1 unspecified atom stereocenters. The molecule has 7 heteroatoms. The van der Waals surface area contributed by atoms with Crippen LogP contribution in [-0.2, 0) is 5.75 Å². The minimum Gasteiger partial charge on any atom is -0.402 e. The van der Waals surface area contributed by atoms with E-state index >= 15 is 0 Å². The summed E-state index contributed by atoms with van der Waals surface area (Å²) >= 11 is 14.0. The molecule has 1 aromatic carbocycles. The zero-order valence-corrected chi connectivity index (χ0v) is 17.2. The average molecular weight is 422 g/mol. The maximum atomic E-state index is 12.9. The van der Waals surface area contributed by atoms with E-state index in [1.165, 1.54) is 11.8 Å². The minimum atomic E-state index is -0.0175. The van der Waals surface area contributed by atoms with Crippen molar-refractivity contribution in [3.8, 4) is 0 Å². The molecule has 1 fully saturated rings. The Morgan fingerprint density at radius 3 is 2.78 bits per heavy atom. The van der Waals surface area contributed by atoms with Gasteiger partial charge in [-0.2, -0.15) is 0 Å². The van der Waals surface area contributed by atoms with Gasteiger partial charge in [-0.05, 0) is 36.6 Å². The second-order valence-corrected chi connectivity index (χ2v) is 8.39. The molecule has 1 aromatic heterocycles. The van der Waals surface area contributed by atoms with E-state index in [1.807, 2.05) is 29.2 Å². The lowest BCUT2D eigenvalue weighted by Gasteiger charge is -2.32. The van der Waals surface area contributed by atoms with Gasteiger partial charge in [-0.15, -0.1) is 11.8 Å². The van der Waals surface area contributed by atoms with Crippen LogP contribution in [0.1, 0.15) is 28.8 Å². The first-order chi connectivity index (χ1) is 13.0. The second-order valence-electron chi connectivity index (χ2n) is 6.59. The lowest BCUT2D eigenvalue weighted by molar-refractivity contribution is 0.0690. The number of hydrogen-bond donors (Lipinski definition) is 1. The van der Waals surface area contributed by atoms with Gasteiger partial charge in [-0.3, -0.25) is 9.78 Å². The van der Waals surface area contributed by atoms with Gasteiger partial charge in [0.15, 0.2) is 0 Å². The molecule has 142 valence electrons. The molecule has 1 aliphatic heterocycles. The van der Waals surface area contributed by atoms with Crippen molar-refractivity contribution < 1.29 is 4.79 Å². The molecule has 3 rings (SSSR count). The van der Waals surface area contributed by atoms with Crippen LogP contribution in [0.3, 0.4) is 0 Å². The topological polar surface area (TPSA) is 59.2 Å². The fourth-order valence-corrected chi connectivity index (χ4v) is 4.71. The molecule has 0 aliphatic carbocycles. The number of halogens is 2. The van der Waals surface area contributed by atoms with E-state index < -0.39 is 0 Å². The summed E-state index contributed by atoms with van der Waals surface area (Å²) in [4.78, 5) is 19.8. The summed E-state index contributed by atoms with van der Waals surface area (Å²) in [7, 11) is 0. The van der Waals surface area contributed by atoms with Crippen LogP contribution in [0.5, 0.6) is 0 Å². The number of likely N-dealkylation sites (tertiary alicyclic amines) is 1. The van der Waals surface area contributed by atoms with Crippen molar-refractivity contribution in [1.29, 1.82) is 0 Å². The van der Waals surface area contributed by atoms with Crippen LogP contribution >= 0.6 is 35.0 Å². The van der Waals surface area contributed by atoms with Gasteiger partial charge >= 0.3 is 0 Å². The van der Waals surface area contributed by atoms with E-state index in [-0.39, 0.29) is 11.8 Å². The zero-order chi connectivity index (χ0) is 19.4. The van der Waals surface area contributed by atoms with Crippen molar-refractivity contribution in [3.63, 3.8) is 0 Å². The van der Waals surface area contributed by atoms with Crippen molar-refractivity contribution in [1.82, 2.24) is 9.88 Å². The molecular weight excluding hydrogens is 401 g/mol. The first-order valence-electron chi connectivity index (χ1n) is 8.70. The number of nitrogens with two attached hydrogens (primary N) is 1. The monoisotopic (exact) mass is 421 g/mol. The van der Waals surface area contributed by atoms with Gasteiger partial charge in [0.05, 0.1) is 15.6 Å². The second kappa shape index (κ2) is 9.00. The Labute approximate surface area is 173 Å². The largest absolute Gasteiger partial charge is 0.402 e. The predicted octanol–water partition coefficient (Wildman–Crippen LogP) is 5.01. The van der Waals surface area contributed by atoms with Crippen molar-refractivity contribution >= 4 is 40.9 Å². The number of rotatable bonds is 5. The standard InChI is InChI=1S/C20H21Cl2N3OS/c1-13(23)15-4-3-7-25(11-15)20(26)16-8-14(9-24-10-16)12-27-19-17(21)5-2-6-18(19)22/h2,5-6,8-10,15H,1,3-4,7,11-12,23H2. The highest BCUT2D eigenvalue weighted by Crippen LogP contribution is 2.35. The molecular formula is C20H21Cl2N3OS. The summed E-state index contributed by atoms with van der Waals surface area (Å²) in [6.45, 7) is 5.18. The number of hydrogen-bond acceptors (Lipinski definition) is 4. The fourth-order valence-electron chi connectivity index (χ4n) is 3.11. The Kier molecular flexibility index (Phi) is 6.68. The predicted molar refractivity (Wildman–Crippen MR) is 112 cm³/mol. The Hall–Kier alpha value is -1.69. The molecule has 1 atom stereocenters. The number of thioether (sulfide) groups is 1. The molecule has 0 saturated carbocycles. The van der Waals surface area contributed by atoms with E-state index in [9.17, 15) is 4.79 Å². The number of pyridine rings is 1. The summed E-state index contributed by atoms with van der Waals surface area (Å²) in [5.41, 5.74) is 8.02. The van der Waals surface area contributed by atoms with Gasteiger partial charge < -0.3 is 10.6 Å². The van der Waals surface area contributed by atoms with E-state index in [4.69, 9.17) is 28.9 Å². The van der Waals surface area contributed by atoms with Crippen LogP contribution in [0.2, 0.25) is 10.0 Å². The van der Waals surface area contributed by atoms with Crippen LogP contribution in [0.4, 0.5) is 0 Å². The van der Waals surface area contributed by atoms with E-state index in [0.29, 0.717) is 33.6 Å². The zero-order valence-electron chi connectivity index (χ0n) is 14.8. The molecule has 1 saturated heterocycles. The quantitative estimate of drug-likeness (QED) is 0.689. The molecule has 2 heterocycles. The van der Waals surface area contributed by atoms with Crippen LogP contribution in [0.25, 0.3) is 0 Å². The first-order valence-corrected chi connectivity index (χ1v) is 10.4. The van der Waals surface area contributed by atoms with Crippen molar-refractivity contribution in [2.24, 2.45) is 11.7 Å². The normalized spacial score (nSPS) is 17.0. The summed E-state index contributed by atoms with van der Waals surface area (Å²) in [5, 5.41) is 1.24. The Balaban J connectivity index is 1.70. The Morgan fingerprint density at radius 1 is 1.33 bits per heavy atom. The van der Waals surface area contributed by atoms with Crippen molar-refractivity contribution in [2.45, 2.75) is 23.5 Å². The molecule has 4 nitrogen and oxygen atoms in total. The van der Waals surface area contributed by atoms with E-state index in [1.54, 1.807) is 12.4 Å². The fraction of sp³-hybridized carbons (Fsp3) is 0.300. The number of amides is 1. The Bertz CT molecular complexity index is 839. The molecule has 1 aliphatic rings. The van der Waals surface area contributed by atoms with Gasteiger partial charge in [0.2, 0.25) is 0 Å². The highest BCUT2D eigenvalue weighted by molar-refractivity contribution is 7.98. The first kappa shape index (κ1) is 20.1. The van der Waals surface area contributed by atoms with Crippen LogP contribution in [0, 0.1) is 5.92 Å². The summed E-state index contributed by atoms with van der Waals surface area (Å²) in [6, 6.07) is 7.32. The summed E-state index contributed by atoms with van der Waals surface area (Å²) < 4.78 is 0. The number of carbonyl (C=O) groups excluding carboxylic acids is 1. The Morgan fingerprint density at radius 2 is 2.07 bits per heavy atom. The van der Waals surface area contributed by atoms with Crippen LogP contribution in [0.15, 0.2) is 53.8 Å². The number of aromatic nitrogens is 1. The summed E-state index contributed by atoms with van der Waals surface area (Å²) in [6.07, 6.45) is 5.28. The number of benzene rings is 1. The molecule has 2 N–H and O–H groups in total. The summed E-state index contributed by atoms with van der Waals surface area (Å²) in [5.74, 6) is 0.771. The van der Waals surface area contributed by atoms with Crippen molar-refractivity contribution in [3.05, 3.63) is 70.1 Å². The molecule has 2 aromatic rings. The molecule has 1 amide bonds. The van der Waals surface area contributed by atoms with E-state index in [0.717, 1.165) is 29.8 Å². The third-order valence-electron chi connectivity index (χ3n) is 4.58. The van der Waals surface area contributed by atoms with Gasteiger partial charge in [0.1, 0.15) is 0 Å². The van der Waals surface area contributed by atoms with Crippen LogP contribution < -0.4 is 5.73 Å². The molecule has 0 bridgehead atoms. The average Bonchev–Trinajstić information content (AvgIpc) is 2.67. The van der Waals surface area contributed by atoms with Gasteiger partial charge in [0.25, 0.3) is 5.91 Å². The van der Waals surface area contributed by atoms with Gasteiger partial charge in [-0.25, -0.2) is 0 Å². The highest BCUT2D eigenvalue weighted by atomic mass is 35.5. The molecule has 0 spiro atoms. The van der Waals surface area contributed by atoms with Crippen molar-refractivity contribution in [2.75, 3.05) is 13.1 Å². The van der Waals surface area contributed by atoms with Gasteiger partial charge in [0, 0.05) is 47.7 Å². The molecule has 0 radical (unpaired) electrons. The third kappa shape index (κ3) is 4.98. The lowest BCUT2D eigenvalue weighted by atomic mass is 9.95. The number of carbonyl (C=O) groups is 1. The minimum absolute atomic E-state index is 0.0175. The van der Waals surface area contributed by atoms with E-state index in [2.05, 4.69) is 11.6 Å². The van der Waals surface area contributed by atoms with Gasteiger partial charge in [-0.1, -0.05) is 35.8 Å². The maximum Gasteiger partial charge on any atom is 0.255 e. The lowest BCUT2D eigenvalue weighted by Crippen LogP contribution is -2.41.